The smallest absolute Gasteiger partial charge is 0.159 e. The highest BCUT2D eigenvalue weighted by Gasteiger charge is 2.32. The number of nitrogens with one attached hydrogen (secondary N) is 1. The van der Waals surface area contributed by atoms with Gasteiger partial charge in [-0.2, -0.15) is 0 Å². The zero-order chi connectivity index (χ0) is 14.1. The minimum atomic E-state index is -0.797. The average molecular weight is 293 g/mol. The van der Waals surface area contributed by atoms with Crippen molar-refractivity contribution in [3.05, 3.63) is 46.8 Å². The van der Waals surface area contributed by atoms with Crippen molar-refractivity contribution < 1.29 is 8.78 Å². The Balaban J connectivity index is 1.86. The summed E-state index contributed by atoms with van der Waals surface area (Å²) in [6.07, 6.45) is 2.55. The standard InChI is InChI=1S/C16H17F2NS/c1-2-19-16(10-3-4-10)15-8-7-14(20-15)11-5-6-12(17)13(18)9-11/h5-10,16,19H,2-4H2,1H3. The molecule has 0 radical (unpaired) electrons. The monoisotopic (exact) mass is 293 g/mol. The fraction of sp³-hybridized carbons (Fsp3) is 0.375. The molecule has 4 heteroatoms. The second-order valence-corrected chi connectivity index (χ2v) is 6.32. The van der Waals surface area contributed by atoms with Crippen molar-refractivity contribution in [2.45, 2.75) is 25.8 Å². The van der Waals surface area contributed by atoms with Gasteiger partial charge in [-0.1, -0.05) is 13.0 Å². The number of halogens is 2. The molecule has 20 heavy (non-hydrogen) atoms. The molecule has 0 spiro atoms. The summed E-state index contributed by atoms with van der Waals surface area (Å²) in [5.41, 5.74) is 0.742. The van der Waals surface area contributed by atoms with E-state index in [1.807, 2.05) is 6.07 Å². The van der Waals surface area contributed by atoms with Crippen LogP contribution in [0.25, 0.3) is 10.4 Å². The summed E-state index contributed by atoms with van der Waals surface area (Å²) in [6.45, 7) is 3.05. The van der Waals surface area contributed by atoms with Gasteiger partial charge >= 0.3 is 0 Å². The third-order valence-electron chi connectivity index (χ3n) is 3.65. The first-order valence-corrected chi connectivity index (χ1v) is 7.79. The van der Waals surface area contributed by atoms with Crippen molar-refractivity contribution in [1.29, 1.82) is 0 Å². The van der Waals surface area contributed by atoms with Gasteiger partial charge in [0, 0.05) is 15.8 Å². The molecule has 2 aromatic rings. The van der Waals surface area contributed by atoms with E-state index in [2.05, 4.69) is 18.3 Å². The Morgan fingerprint density at radius 2 is 2.00 bits per heavy atom. The summed E-state index contributed by atoms with van der Waals surface area (Å²) in [4.78, 5) is 2.27. The lowest BCUT2D eigenvalue weighted by atomic mass is 10.1. The van der Waals surface area contributed by atoms with E-state index in [1.54, 1.807) is 17.4 Å². The molecule has 1 saturated carbocycles. The van der Waals surface area contributed by atoms with Gasteiger partial charge in [0.1, 0.15) is 0 Å². The van der Waals surface area contributed by atoms with Crippen molar-refractivity contribution in [2.75, 3.05) is 6.54 Å². The number of hydrogen-bond acceptors (Lipinski definition) is 2. The molecule has 106 valence electrons. The SMILES string of the molecule is CCNC(c1ccc(-c2ccc(F)c(F)c2)s1)C1CC1. The highest BCUT2D eigenvalue weighted by Crippen LogP contribution is 2.44. The molecule has 3 rings (SSSR count). The average Bonchev–Trinajstić information content (AvgIpc) is 3.16. The van der Waals surface area contributed by atoms with E-state index >= 15 is 0 Å². The molecule has 1 N–H and O–H groups in total. The molecule has 1 unspecified atom stereocenters. The van der Waals surface area contributed by atoms with E-state index in [4.69, 9.17) is 0 Å². The van der Waals surface area contributed by atoms with Crippen LogP contribution in [0.4, 0.5) is 8.78 Å². The van der Waals surface area contributed by atoms with Gasteiger partial charge in [-0.05, 0) is 55.1 Å². The second-order valence-electron chi connectivity index (χ2n) is 5.20. The molecule has 1 aromatic carbocycles. The van der Waals surface area contributed by atoms with Gasteiger partial charge in [0.15, 0.2) is 11.6 Å². The Morgan fingerprint density at radius 3 is 2.65 bits per heavy atom. The van der Waals surface area contributed by atoms with E-state index in [9.17, 15) is 8.78 Å². The predicted octanol–water partition coefficient (Wildman–Crippen LogP) is 4.75. The second kappa shape index (κ2) is 5.62. The van der Waals surface area contributed by atoms with Crippen LogP contribution in [0.2, 0.25) is 0 Å². The van der Waals surface area contributed by atoms with E-state index in [-0.39, 0.29) is 0 Å². The molecule has 1 nitrogen and oxygen atoms in total. The van der Waals surface area contributed by atoms with Crippen molar-refractivity contribution in [3.8, 4) is 10.4 Å². The van der Waals surface area contributed by atoms with Crippen molar-refractivity contribution >= 4 is 11.3 Å². The number of benzene rings is 1. The maximum atomic E-state index is 13.3. The van der Waals surface area contributed by atoms with Gasteiger partial charge in [-0.25, -0.2) is 8.78 Å². The normalized spacial score (nSPS) is 16.4. The first-order valence-electron chi connectivity index (χ1n) is 6.97. The highest BCUT2D eigenvalue weighted by atomic mass is 32.1. The Labute approximate surface area is 121 Å². The van der Waals surface area contributed by atoms with Crippen LogP contribution >= 0.6 is 11.3 Å². The van der Waals surface area contributed by atoms with E-state index in [0.29, 0.717) is 6.04 Å². The van der Waals surface area contributed by atoms with E-state index in [0.717, 1.165) is 22.9 Å². The fourth-order valence-electron chi connectivity index (χ4n) is 2.47. The summed E-state index contributed by atoms with van der Waals surface area (Å²) in [7, 11) is 0. The lowest BCUT2D eigenvalue weighted by molar-refractivity contribution is 0.504. The van der Waals surface area contributed by atoms with E-state index < -0.39 is 11.6 Å². The van der Waals surface area contributed by atoms with Crippen LogP contribution in [0, 0.1) is 17.6 Å². The minimum Gasteiger partial charge on any atom is -0.309 e. The molecule has 1 aliphatic rings. The summed E-state index contributed by atoms with van der Waals surface area (Å²) in [5, 5.41) is 3.52. The van der Waals surface area contributed by atoms with Crippen molar-refractivity contribution in [3.63, 3.8) is 0 Å². The molecule has 0 bridgehead atoms. The molecule has 0 aliphatic heterocycles. The molecular formula is C16H17F2NS. The van der Waals surface area contributed by atoms with Crippen LogP contribution in [0.5, 0.6) is 0 Å². The van der Waals surface area contributed by atoms with Gasteiger partial charge in [0.25, 0.3) is 0 Å². The quantitative estimate of drug-likeness (QED) is 0.838. The first kappa shape index (κ1) is 13.7. The summed E-state index contributed by atoms with van der Waals surface area (Å²) in [5.74, 6) is -0.858. The van der Waals surface area contributed by atoms with Crippen LogP contribution in [-0.4, -0.2) is 6.54 Å². The summed E-state index contributed by atoms with van der Waals surface area (Å²) >= 11 is 1.67. The third-order valence-corrected chi connectivity index (χ3v) is 4.87. The number of hydrogen-bond donors (Lipinski definition) is 1. The van der Waals surface area contributed by atoms with Crippen LogP contribution in [-0.2, 0) is 0 Å². The third kappa shape index (κ3) is 2.76. The maximum absolute atomic E-state index is 13.3. The van der Waals surface area contributed by atoms with Gasteiger partial charge < -0.3 is 5.32 Å². The molecule has 1 aliphatic carbocycles. The minimum absolute atomic E-state index is 0.407. The molecule has 1 atom stereocenters. The Hall–Kier alpha value is -1.26. The van der Waals surface area contributed by atoms with Crippen LogP contribution in [0.15, 0.2) is 30.3 Å². The zero-order valence-corrected chi connectivity index (χ0v) is 12.1. The maximum Gasteiger partial charge on any atom is 0.159 e. The Bertz CT molecular complexity index is 604. The summed E-state index contributed by atoms with van der Waals surface area (Å²) in [6, 6.07) is 8.60. The van der Waals surface area contributed by atoms with E-state index in [1.165, 1.54) is 29.9 Å². The fourth-order valence-corrected chi connectivity index (χ4v) is 3.65. The van der Waals surface area contributed by atoms with Crippen molar-refractivity contribution in [1.82, 2.24) is 5.32 Å². The molecular weight excluding hydrogens is 276 g/mol. The van der Waals surface area contributed by atoms with Crippen LogP contribution in [0.1, 0.15) is 30.7 Å². The predicted molar refractivity (Wildman–Crippen MR) is 78.8 cm³/mol. The lowest BCUT2D eigenvalue weighted by Gasteiger charge is -2.15. The number of thiophene rings is 1. The number of rotatable bonds is 5. The van der Waals surface area contributed by atoms with Gasteiger partial charge in [-0.15, -0.1) is 11.3 Å². The molecule has 0 amide bonds. The van der Waals surface area contributed by atoms with Crippen molar-refractivity contribution in [2.24, 2.45) is 5.92 Å². The van der Waals surface area contributed by atoms with Gasteiger partial charge in [0.05, 0.1) is 0 Å². The Morgan fingerprint density at radius 1 is 1.20 bits per heavy atom. The lowest BCUT2D eigenvalue weighted by Crippen LogP contribution is -2.21. The van der Waals surface area contributed by atoms with Gasteiger partial charge in [-0.3, -0.25) is 0 Å². The zero-order valence-electron chi connectivity index (χ0n) is 11.3. The molecule has 0 saturated heterocycles. The van der Waals surface area contributed by atoms with Gasteiger partial charge in [0.2, 0.25) is 0 Å². The first-order chi connectivity index (χ1) is 9.69. The molecule has 1 aromatic heterocycles. The topological polar surface area (TPSA) is 12.0 Å². The molecule has 1 fully saturated rings. The van der Waals surface area contributed by atoms with Crippen LogP contribution < -0.4 is 5.32 Å². The Kier molecular flexibility index (Phi) is 3.85. The van der Waals surface area contributed by atoms with Crippen LogP contribution in [0.3, 0.4) is 0 Å². The molecule has 1 heterocycles. The highest BCUT2D eigenvalue weighted by molar-refractivity contribution is 7.15. The largest absolute Gasteiger partial charge is 0.309 e. The summed E-state index contributed by atoms with van der Waals surface area (Å²) < 4.78 is 26.3.